The van der Waals surface area contributed by atoms with Crippen LogP contribution < -0.4 is 0 Å². The van der Waals surface area contributed by atoms with Crippen molar-refractivity contribution in [1.29, 1.82) is 0 Å². The minimum Gasteiger partial charge on any atom is -0.299 e. The van der Waals surface area contributed by atoms with Gasteiger partial charge in [0.2, 0.25) is 0 Å². The molecule has 0 heterocycles. The highest BCUT2D eigenvalue weighted by Gasteiger charge is 2.30. The molecule has 0 spiro atoms. The SMILES string of the molecule is CC(C)C1CCC(=O)C(Cc2cc(F)ccc2F)C1. The van der Waals surface area contributed by atoms with E-state index in [0.717, 1.165) is 25.0 Å². The Morgan fingerprint density at radius 1 is 1.32 bits per heavy atom. The average molecular weight is 266 g/mol. The second kappa shape index (κ2) is 5.81. The zero-order chi connectivity index (χ0) is 14.0. The molecule has 1 aliphatic rings. The normalized spacial score (nSPS) is 23.9. The zero-order valence-corrected chi connectivity index (χ0v) is 11.5. The van der Waals surface area contributed by atoms with Gasteiger partial charge in [0.1, 0.15) is 17.4 Å². The van der Waals surface area contributed by atoms with Crippen LogP contribution in [0.3, 0.4) is 0 Å². The van der Waals surface area contributed by atoms with Gasteiger partial charge in [-0.3, -0.25) is 4.79 Å². The molecule has 1 fully saturated rings. The lowest BCUT2D eigenvalue weighted by atomic mass is 9.73. The molecule has 0 bridgehead atoms. The van der Waals surface area contributed by atoms with Crippen molar-refractivity contribution in [3.8, 4) is 0 Å². The molecule has 2 rings (SSSR count). The standard InChI is InChI=1S/C16H20F2O/c1-10(2)11-3-6-16(19)13(7-11)8-12-9-14(17)4-5-15(12)18/h4-5,9-11,13H,3,6-8H2,1-2H3. The number of carbonyl (C=O) groups is 1. The summed E-state index contributed by atoms with van der Waals surface area (Å²) < 4.78 is 26.8. The molecule has 0 N–H and O–H groups in total. The van der Waals surface area contributed by atoms with Gasteiger partial charge in [-0.2, -0.15) is 0 Å². The number of halogens is 2. The highest BCUT2D eigenvalue weighted by Crippen LogP contribution is 2.33. The van der Waals surface area contributed by atoms with Crippen LogP contribution in [0.25, 0.3) is 0 Å². The predicted molar refractivity (Wildman–Crippen MR) is 70.7 cm³/mol. The molecule has 2 unspecified atom stereocenters. The second-order valence-corrected chi connectivity index (χ2v) is 5.88. The van der Waals surface area contributed by atoms with Gasteiger partial charge in [0, 0.05) is 12.3 Å². The van der Waals surface area contributed by atoms with Crippen LogP contribution in [0.5, 0.6) is 0 Å². The van der Waals surface area contributed by atoms with Crippen LogP contribution in [0.1, 0.15) is 38.7 Å². The lowest BCUT2D eigenvalue weighted by molar-refractivity contribution is -0.125. The van der Waals surface area contributed by atoms with Crippen LogP contribution in [-0.2, 0) is 11.2 Å². The van der Waals surface area contributed by atoms with Gasteiger partial charge in [0.25, 0.3) is 0 Å². The molecular weight excluding hydrogens is 246 g/mol. The van der Waals surface area contributed by atoms with Crippen LogP contribution in [-0.4, -0.2) is 5.78 Å². The van der Waals surface area contributed by atoms with Crippen LogP contribution >= 0.6 is 0 Å². The molecule has 0 saturated heterocycles. The van der Waals surface area contributed by atoms with E-state index in [-0.39, 0.29) is 11.7 Å². The molecule has 3 heteroatoms. The van der Waals surface area contributed by atoms with Crippen molar-refractivity contribution in [1.82, 2.24) is 0 Å². The largest absolute Gasteiger partial charge is 0.299 e. The van der Waals surface area contributed by atoms with E-state index in [1.165, 1.54) is 6.07 Å². The van der Waals surface area contributed by atoms with E-state index >= 15 is 0 Å². The summed E-state index contributed by atoms with van der Waals surface area (Å²) >= 11 is 0. The van der Waals surface area contributed by atoms with Gasteiger partial charge in [-0.15, -0.1) is 0 Å². The topological polar surface area (TPSA) is 17.1 Å². The van der Waals surface area contributed by atoms with Gasteiger partial charge in [-0.05, 0) is 54.9 Å². The van der Waals surface area contributed by atoms with E-state index in [2.05, 4.69) is 13.8 Å². The summed E-state index contributed by atoms with van der Waals surface area (Å²) in [5, 5.41) is 0. The monoisotopic (exact) mass is 266 g/mol. The maximum absolute atomic E-state index is 13.6. The van der Waals surface area contributed by atoms with Crippen LogP contribution in [0.15, 0.2) is 18.2 Å². The Morgan fingerprint density at radius 3 is 2.74 bits per heavy atom. The van der Waals surface area contributed by atoms with E-state index in [1.54, 1.807) is 0 Å². The highest BCUT2D eigenvalue weighted by molar-refractivity contribution is 5.82. The smallest absolute Gasteiger partial charge is 0.136 e. The first-order valence-corrected chi connectivity index (χ1v) is 6.94. The van der Waals surface area contributed by atoms with E-state index in [9.17, 15) is 13.6 Å². The molecule has 104 valence electrons. The van der Waals surface area contributed by atoms with Crippen molar-refractivity contribution in [2.75, 3.05) is 0 Å². The third-order valence-electron chi connectivity index (χ3n) is 4.22. The molecule has 0 radical (unpaired) electrons. The fourth-order valence-corrected chi connectivity index (χ4v) is 2.91. The first kappa shape index (κ1) is 14.2. The maximum atomic E-state index is 13.6. The molecule has 1 aromatic rings. The Kier molecular flexibility index (Phi) is 4.33. The van der Waals surface area contributed by atoms with Gasteiger partial charge in [-0.25, -0.2) is 8.78 Å². The maximum Gasteiger partial charge on any atom is 0.136 e. The van der Waals surface area contributed by atoms with E-state index < -0.39 is 11.6 Å². The van der Waals surface area contributed by atoms with Crippen LogP contribution in [0.2, 0.25) is 0 Å². The third kappa shape index (κ3) is 3.40. The molecule has 0 amide bonds. The second-order valence-electron chi connectivity index (χ2n) is 5.88. The molecule has 2 atom stereocenters. The van der Waals surface area contributed by atoms with Gasteiger partial charge < -0.3 is 0 Å². The van der Waals surface area contributed by atoms with Crippen LogP contribution in [0.4, 0.5) is 8.78 Å². The van der Waals surface area contributed by atoms with Crippen molar-refractivity contribution in [3.05, 3.63) is 35.4 Å². The Hall–Kier alpha value is -1.25. The molecular formula is C16H20F2O. The first-order valence-electron chi connectivity index (χ1n) is 6.94. The van der Waals surface area contributed by atoms with Crippen molar-refractivity contribution in [2.45, 2.75) is 39.5 Å². The average Bonchev–Trinajstić information content (AvgIpc) is 2.36. The third-order valence-corrected chi connectivity index (χ3v) is 4.22. The molecule has 1 nitrogen and oxygen atoms in total. The molecule has 19 heavy (non-hydrogen) atoms. The van der Waals surface area contributed by atoms with Gasteiger partial charge in [0.15, 0.2) is 0 Å². The quantitative estimate of drug-likeness (QED) is 0.803. The van der Waals surface area contributed by atoms with Crippen molar-refractivity contribution in [3.63, 3.8) is 0 Å². The van der Waals surface area contributed by atoms with Gasteiger partial charge >= 0.3 is 0 Å². The summed E-state index contributed by atoms with van der Waals surface area (Å²) in [4.78, 5) is 11.9. The Labute approximate surface area is 113 Å². The molecule has 1 aromatic carbocycles. The summed E-state index contributed by atoms with van der Waals surface area (Å²) in [5.74, 6) is 0.228. The Morgan fingerprint density at radius 2 is 2.05 bits per heavy atom. The number of hydrogen-bond acceptors (Lipinski definition) is 1. The Bertz CT molecular complexity index is 468. The summed E-state index contributed by atoms with van der Waals surface area (Å²) in [6.45, 7) is 4.31. The number of ketones is 1. The summed E-state index contributed by atoms with van der Waals surface area (Å²) in [5.41, 5.74) is 0.322. The lowest BCUT2D eigenvalue weighted by Crippen LogP contribution is -2.29. The van der Waals surface area contributed by atoms with E-state index in [0.29, 0.717) is 30.2 Å². The van der Waals surface area contributed by atoms with E-state index in [4.69, 9.17) is 0 Å². The fraction of sp³-hybridized carbons (Fsp3) is 0.562. The van der Waals surface area contributed by atoms with Gasteiger partial charge in [-0.1, -0.05) is 13.8 Å². The molecule has 1 saturated carbocycles. The lowest BCUT2D eigenvalue weighted by Gasteiger charge is -2.30. The molecule has 0 aromatic heterocycles. The number of carbonyl (C=O) groups excluding carboxylic acids is 1. The van der Waals surface area contributed by atoms with Crippen molar-refractivity contribution >= 4 is 5.78 Å². The van der Waals surface area contributed by atoms with Crippen LogP contribution in [0, 0.1) is 29.4 Å². The summed E-state index contributed by atoms with van der Waals surface area (Å²) in [6.07, 6.45) is 2.63. The fourth-order valence-electron chi connectivity index (χ4n) is 2.91. The number of hydrogen-bond donors (Lipinski definition) is 0. The van der Waals surface area contributed by atoms with Crippen molar-refractivity contribution < 1.29 is 13.6 Å². The van der Waals surface area contributed by atoms with E-state index in [1.807, 2.05) is 0 Å². The van der Waals surface area contributed by atoms with Crippen molar-refractivity contribution in [2.24, 2.45) is 17.8 Å². The molecule has 0 aliphatic heterocycles. The first-order chi connectivity index (χ1) is 8.97. The number of benzene rings is 1. The predicted octanol–water partition coefficient (Wildman–Crippen LogP) is 4.15. The Balaban J connectivity index is 2.12. The minimum atomic E-state index is -0.444. The highest BCUT2D eigenvalue weighted by atomic mass is 19.1. The molecule has 1 aliphatic carbocycles. The summed E-state index contributed by atoms with van der Waals surface area (Å²) in [7, 11) is 0. The van der Waals surface area contributed by atoms with Gasteiger partial charge in [0.05, 0.1) is 0 Å². The summed E-state index contributed by atoms with van der Waals surface area (Å²) in [6, 6.07) is 3.46. The zero-order valence-electron chi connectivity index (χ0n) is 11.5. The minimum absolute atomic E-state index is 0.155. The number of Topliss-reactive ketones (excluding diaryl/α,β-unsaturated/α-hetero) is 1. The number of rotatable bonds is 3.